The van der Waals surface area contributed by atoms with E-state index in [1.54, 1.807) is 35.6 Å². The average molecular weight is 487 g/mol. The molecule has 0 unspecified atom stereocenters. The molecule has 2 aromatic carbocycles. The van der Waals surface area contributed by atoms with Crippen LogP contribution in [-0.2, 0) is 28.0 Å². The molecule has 4 rings (SSSR count). The van der Waals surface area contributed by atoms with Gasteiger partial charge in [-0.1, -0.05) is 59.6 Å². The van der Waals surface area contributed by atoms with Crippen molar-refractivity contribution in [2.75, 3.05) is 13.1 Å². The third kappa shape index (κ3) is 5.55. The Kier molecular flexibility index (Phi) is 7.02. The maximum Gasteiger partial charge on any atom is 0.245 e. The molecule has 3 aromatic rings. The number of aromatic nitrogens is 2. The summed E-state index contributed by atoms with van der Waals surface area (Å²) in [6, 6.07) is 13.6. The van der Waals surface area contributed by atoms with Gasteiger partial charge in [0.25, 0.3) is 0 Å². The number of aromatic amines is 1. The zero-order chi connectivity index (χ0) is 23.4. The fourth-order valence-electron chi connectivity index (χ4n) is 3.93. The monoisotopic (exact) mass is 486 g/mol. The number of H-pyrrole nitrogens is 1. The number of nitrogens with zero attached hydrogens (tertiary/aromatic N) is 2. The summed E-state index contributed by atoms with van der Waals surface area (Å²) >= 11 is 12.2. The predicted molar refractivity (Wildman–Crippen MR) is 126 cm³/mol. The molecule has 1 fully saturated rings. The van der Waals surface area contributed by atoms with E-state index in [4.69, 9.17) is 23.2 Å². The first kappa shape index (κ1) is 23.3. The van der Waals surface area contributed by atoms with Gasteiger partial charge in [-0.15, -0.1) is 0 Å². The van der Waals surface area contributed by atoms with E-state index < -0.39 is 11.6 Å². The number of amides is 2. The molecule has 2 heterocycles. The fourth-order valence-corrected chi connectivity index (χ4v) is 4.25. The fraction of sp³-hybridized carbons (Fsp3) is 0.292. The number of likely N-dealkylation sites (tertiary alicyclic amines) is 1. The first-order chi connectivity index (χ1) is 15.8. The van der Waals surface area contributed by atoms with E-state index in [2.05, 4.69) is 15.3 Å². The van der Waals surface area contributed by atoms with E-state index in [0.29, 0.717) is 16.5 Å². The highest BCUT2D eigenvalue weighted by atomic mass is 35.5. The van der Waals surface area contributed by atoms with Gasteiger partial charge in [0, 0.05) is 24.7 Å². The van der Waals surface area contributed by atoms with Gasteiger partial charge in [-0.05, 0) is 29.7 Å². The molecule has 3 N–H and O–H groups in total. The lowest BCUT2D eigenvalue weighted by Gasteiger charge is -2.47. The Morgan fingerprint density at radius 2 is 1.91 bits per heavy atom. The number of β-amino-alcohol motifs (C(OH)–C–C–N with tert-alkyl or cyclic N) is 1. The summed E-state index contributed by atoms with van der Waals surface area (Å²) in [5.41, 5.74) is 1.29. The van der Waals surface area contributed by atoms with E-state index in [9.17, 15) is 14.7 Å². The van der Waals surface area contributed by atoms with Crippen LogP contribution in [0.4, 0.5) is 0 Å². The lowest BCUT2D eigenvalue weighted by molar-refractivity contribution is -0.160. The third-order valence-corrected chi connectivity index (χ3v) is 6.50. The topological polar surface area (TPSA) is 98.3 Å². The van der Waals surface area contributed by atoms with Crippen molar-refractivity contribution in [1.29, 1.82) is 0 Å². The van der Waals surface area contributed by atoms with Gasteiger partial charge in [-0.3, -0.25) is 9.59 Å². The molecule has 33 heavy (non-hydrogen) atoms. The SMILES string of the molecule is O=C(CCc1cnc[nH]1)N[C@H](Cc1ccc(Cl)c(Cl)c1)C(=O)N1CC(O)(c2ccccc2)C1. The first-order valence-electron chi connectivity index (χ1n) is 10.6. The zero-order valence-electron chi connectivity index (χ0n) is 17.8. The highest BCUT2D eigenvalue weighted by molar-refractivity contribution is 6.42. The number of rotatable bonds is 8. The van der Waals surface area contributed by atoms with Gasteiger partial charge in [-0.25, -0.2) is 4.98 Å². The minimum atomic E-state index is -1.09. The van der Waals surface area contributed by atoms with Crippen LogP contribution in [-0.4, -0.2) is 50.9 Å². The Morgan fingerprint density at radius 3 is 2.58 bits per heavy atom. The Morgan fingerprint density at radius 1 is 1.15 bits per heavy atom. The van der Waals surface area contributed by atoms with Crippen molar-refractivity contribution in [3.63, 3.8) is 0 Å². The van der Waals surface area contributed by atoms with E-state index in [0.717, 1.165) is 16.8 Å². The second-order valence-electron chi connectivity index (χ2n) is 8.24. The summed E-state index contributed by atoms with van der Waals surface area (Å²) in [7, 11) is 0. The molecule has 1 aliphatic rings. The van der Waals surface area contributed by atoms with Gasteiger partial charge >= 0.3 is 0 Å². The van der Waals surface area contributed by atoms with Crippen LogP contribution in [0, 0.1) is 0 Å². The van der Waals surface area contributed by atoms with Crippen LogP contribution in [0.2, 0.25) is 10.0 Å². The van der Waals surface area contributed by atoms with Crippen LogP contribution in [0.25, 0.3) is 0 Å². The highest BCUT2D eigenvalue weighted by Crippen LogP contribution is 2.32. The summed E-state index contributed by atoms with van der Waals surface area (Å²) in [4.78, 5) is 34.4. The van der Waals surface area contributed by atoms with E-state index in [1.807, 2.05) is 30.3 Å². The molecule has 1 aliphatic heterocycles. The number of aliphatic hydroxyl groups is 1. The number of benzene rings is 2. The van der Waals surface area contributed by atoms with Crippen molar-refractivity contribution < 1.29 is 14.7 Å². The summed E-state index contributed by atoms with van der Waals surface area (Å²) in [6.45, 7) is 0.329. The van der Waals surface area contributed by atoms with Gasteiger partial charge in [-0.2, -0.15) is 0 Å². The molecule has 0 radical (unpaired) electrons. The van der Waals surface area contributed by atoms with Crippen molar-refractivity contribution in [2.45, 2.75) is 30.9 Å². The molecule has 0 aliphatic carbocycles. The zero-order valence-corrected chi connectivity index (χ0v) is 19.3. The molecule has 1 aromatic heterocycles. The summed E-state index contributed by atoms with van der Waals surface area (Å²) in [6.07, 6.45) is 4.17. The number of hydrogen-bond donors (Lipinski definition) is 3. The van der Waals surface area contributed by atoms with Crippen LogP contribution in [0.15, 0.2) is 61.1 Å². The number of nitrogens with one attached hydrogen (secondary N) is 2. The van der Waals surface area contributed by atoms with Crippen molar-refractivity contribution in [1.82, 2.24) is 20.2 Å². The number of imidazole rings is 1. The molecule has 9 heteroatoms. The van der Waals surface area contributed by atoms with Crippen LogP contribution in [0.3, 0.4) is 0 Å². The number of carbonyl (C=O) groups excluding carboxylic acids is 2. The molecule has 172 valence electrons. The maximum atomic E-state index is 13.3. The van der Waals surface area contributed by atoms with Gasteiger partial charge in [0.1, 0.15) is 11.6 Å². The first-order valence-corrected chi connectivity index (χ1v) is 11.4. The second kappa shape index (κ2) is 9.95. The summed E-state index contributed by atoms with van der Waals surface area (Å²) in [5, 5.41) is 14.5. The lowest BCUT2D eigenvalue weighted by atomic mass is 9.85. The van der Waals surface area contributed by atoms with E-state index >= 15 is 0 Å². The van der Waals surface area contributed by atoms with Crippen molar-refractivity contribution in [3.8, 4) is 0 Å². The van der Waals surface area contributed by atoms with Crippen molar-refractivity contribution in [2.24, 2.45) is 0 Å². The van der Waals surface area contributed by atoms with E-state index in [-0.39, 0.29) is 37.7 Å². The number of aryl methyl sites for hydroxylation is 1. The molecule has 1 saturated heterocycles. The minimum Gasteiger partial charge on any atom is -0.381 e. The molecule has 1 atom stereocenters. The molecule has 2 amide bonds. The molecular formula is C24H24Cl2N4O3. The summed E-state index contributed by atoms with van der Waals surface area (Å²) in [5.74, 6) is -0.501. The quantitative estimate of drug-likeness (QED) is 0.455. The van der Waals surface area contributed by atoms with Crippen LogP contribution >= 0.6 is 23.2 Å². The highest BCUT2D eigenvalue weighted by Gasteiger charge is 2.46. The van der Waals surface area contributed by atoms with Gasteiger partial charge in [0.2, 0.25) is 11.8 Å². The standard InChI is InChI=1S/C24H24Cl2N4O3/c25-19-8-6-16(10-20(19)26)11-21(29-22(31)9-7-18-12-27-15-28-18)23(32)30-13-24(33,14-30)17-4-2-1-3-5-17/h1-6,8,10,12,15,21,33H,7,9,11,13-14H2,(H,27,28)(H,29,31)/t21-/m1/s1. The minimum absolute atomic E-state index is 0.164. The Bertz CT molecular complexity index is 1120. The van der Waals surface area contributed by atoms with Crippen molar-refractivity contribution in [3.05, 3.63) is 87.9 Å². The number of hydrogen-bond acceptors (Lipinski definition) is 4. The van der Waals surface area contributed by atoms with Gasteiger partial charge in [0.15, 0.2) is 0 Å². The smallest absolute Gasteiger partial charge is 0.245 e. The lowest BCUT2D eigenvalue weighted by Crippen LogP contribution is -2.65. The molecule has 7 nitrogen and oxygen atoms in total. The maximum absolute atomic E-state index is 13.3. The summed E-state index contributed by atoms with van der Waals surface area (Å²) < 4.78 is 0. The van der Waals surface area contributed by atoms with Crippen LogP contribution < -0.4 is 5.32 Å². The Balaban J connectivity index is 1.45. The average Bonchev–Trinajstić information content (AvgIpc) is 3.31. The van der Waals surface area contributed by atoms with Gasteiger partial charge in [0.05, 0.1) is 29.5 Å². The Hall–Kier alpha value is -2.87. The second-order valence-corrected chi connectivity index (χ2v) is 9.06. The molecule has 0 saturated carbocycles. The molecular weight excluding hydrogens is 463 g/mol. The van der Waals surface area contributed by atoms with Crippen molar-refractivity contribution >= 4 is 35.0 Å². The largest absolute Gasteiger partial charge is 0.381 e. The normalized spacial score (nSPS) is 15.5. The predicted octanol–water partition coefficient (Wildman–Crippen LogP) is 3.11. The third-order valence-electron chi connectivity index (χ3n) is 5.76. The van der Waals surface area contributed by atoms with Crippen LogP contribution in [0.1, 0.15) is 23.2 Å². The van der Waals surface area contributed by atoms with Gasteiger partial charge < -0.3 is 20.3 Å². The molecule has 0 spiro atoms. The molecule has 0 bridgehead atoms. The number of carbonyl (C=O) groups is 2. The van der Waals surface area contributed by atoms with Crippen LogP contribution in [0.5, 0.6) is 0 Å². The van der Waals surface area contributed by atoms with E-state index in [1.165, 1.54) is 0 Å². The Labute approximate surface area is 201 Å². The number of halogens is 2.